The molecule has 1 aliphatic heterocycles. The summed E-state index contributed by atoms with van der Waals surface area (Å²) in [5.74, 6) is -4.02. The number of aliphatic hydroxyl groups excluding tert-OH is 1. The molecule has 0 aromatic carbocycles. The lowest BCUT2D eigenvalue weighted by molar-refractivity contribution is -0.147. The van der Waals surface area contributed by atoms with Gasteiger partial charge in [0.05, 0.1) is 18.6 Å². The zero-order chi connectivity index (χ0) is 17.7. The summed E-state index contributed by atoms with van der Waals surface area (Å²) < 4.78 is 0. The molecule has 1 rings (SSSR count). The van der Waals surface area contributed by atoms with Gasteiger partial charge in [0.25, 0.3) is 0 Å². The lowest BCUT2D eigenvalue weighted by atomic mass is 10.1. The van der Waals surface area contributed by atoms with Crippen LogP contribution in [0.25, 0.3) is 0 Å². The third-order valence-electron chi connectivity index (χ3n) is 3.60. The number of carbonyl (C=O) groups excluding carboxylic acids is 2. The molecule has 0 aromatic heterocycles. The first-order chi connectivity index (χ1) is 10.6. The van der Waals surface area contributed by atoms with Gasteiger partial charge in [-0.1, -0.05) is 0 Å². The zero-order valence-electron chi connectivity index (χ0n) is 12.6. The summed E-state index contributed by atoms with van der Waals surface area (Å²) in [6, 6.07) is -3.69. The molecule has 0 spiro atoms. The van der Waals surface area contributed by atoms with Crippen LogP contribution in [0.2, 0.25) is 0 Å². The number of carbonyl (C=O) groups is 4. The van der Waals surface area contributed by atoms with Gasteiger partial charge in [0.15, 0.2) is 6.04 Å². The minimum absolute atomic E-state index is 0.233. The second-order valence-corrected chi connectivity index (χ2v) is 5.46. The van der Waals surface area contributed by atoms with Gasteiger partial charge >= 0.3 is 11.9 Å². The van der Waals surface area contributed by atoms with E-state index in [1.165, 1.54) is 6.92 Å². The molecule has 0 radical (unpaired) electrons. The second kappa shape index (κ2) is 7.88. The molecule has 2 amide bonds. The lowest BCUT2D eigenvalue weighted by Gasteiger charge is -2.27. The maximum atomic E-state index is 12.2. The molecule has 0 saturated carbocycles. The third-order valence-corrected chi connectivity index (χ3v) is 3.60. The Labute approximate surface area is 132 Å². The Kier molecular flexibility index (Phi) is 6.46. The van der Waals surface area contributed by atoms with Crippen molar-refractivity contribution in [3.8, 4) is 0 Å². The third kappa shape index (κ3) is 4.89. The summed E-state index contributed by atoms with van der Waals surface area (Å²) in [4.78, 5) is 47.1. The van der Waals surface area contributed by atoms with Crippen LogP contribution in [0.15, 0.2) is 0 Å². The first-order valence-electron chi connectivity index (χ1n) is 7.14. The highest BCUT2D eigenvalue weighted by molar-refractivity contribution is 5.93. The average Bonchev–Trinajstić information content (AvgIpc) is 2.91. The van der Waals surface area contributed by atoms with E-state index in [1.807, 2.05) is 0 Å². The molecule has 0 aromatic rings. The number of aliphatic hydroxyl groups is 1. The molecule has 10 nitrogen and oxygen atoms in total. The number of amides is 2. The molecule has 4 unspecified atom stereocenters. The predicted octanol–water partition coefficient (Wildman–Crippen LogP) is -2.27. The standard InChI is InChI=1S/C13H21N3O7/c1-6(17)10(13(22)23)15-11(20)8-3-2-4-16(8)12(21)7(14)5-9(18)19/h6-8,10,17H,2-5,14H2,1H3,(H,15,20)(H,18,19)(H,22,23). The number of hydrogen-bond donors (Lipinski definition) is 5. The van der Waals surface area contributed by atoms with Crippen LogP contribution in [0.3, 0.4) is 0 Å². The molecule has 23 heavy (non-hydrogen) atoms. The molecule has 0 bridgehead atoms. The van der Waals surface area contributed by atoms with E-state index in [9.17, 15) is 24.3 Å². The Morgan fingerprint density at radius 2 is 1.91 bits per heavy atom. The number of carboxylic acid groups (broad SMARTS) is 2. The predicted molar refractivity (Wildman–Crippen MR) is 76.2 cm³/mol. The Bertz CT molecular complexity index is 494. The first-order valence-corrected chi connectivity index (χ1v) is 7.14. The van der Waals surface area contributed by atoms with Crippen molar-refractivity contribution in [1.82, 2.24) is 10.2 Å². The van der Waals surface area contributed by atoms with Crippen molar-refractivity contribution in [1.29, 1.82) is 0 Å². The van der Waals surface area contributed by atoms with Gasteiger partial charge in [0.2, 0.25) is 11.8 Å². The number of hydrogen-bond acceptors (Lipinski definition) is 6. The summed E-state index contributed by atoms with van der Waals surface area (Å²) in [7, 11) is 0. The SMILES string of the molecule is CC(O)C(NC(=O)C1CCCN1C(=O)C(N)CC(=O)O)C(=O)O. The van der Waals surface area contributed by atoms with Gasteiger partial charge in [-0.3, -0.25) is 14.4 Å². The first kappa shape index (κ1) is 18.8. The Balaban J connectivity index is 2.77. The zero-order valence-corrected chi connectivity index (χ0v) is 12.6. The smallest absolute Gasteiger partial charge is 0.328 e. The van der Waals surface area contributed by atoms with Gasteiger partial charge in [-0.2, -0.15) is 0 Å². The van der Waals surface area contributed by atoms with Crippen molar-refractivity contribution in [3.05, 3.63) is 0 Å². The van der Waals surface area contributed by atoms with Gasteiger partial charge in [0.1, 0.15) is 6.04 Å². The van der Waals surface area contributed by atoms with Gasteiger partial charge in [-0.15, -0.1) is 0 Å². The van der Waals surface area contributed by atoms with Crippen LogP contribution in [0, 0.1) is 0 Å². The van der Waals surface area contributed by atoms with Crippen molar-refractivity contribution in [2.24, 2.45) is 5.73 Å². The summed E-state index contributed by atoms with van der Waals surface area (Å²) >= 11 is 0. The summed E-state index contributed by atoms with van der Waals surface area (Å²) in [6.07, 6.45) is -1.05. The quantitative estimate of drug-likeness (QED) is 0.347. The van der Waals surface area contributed by atoms with Gasteiger partial charge in [-0.25, -0.2) is 4.79 Å². The summed E-state index contributed by atoms with van der Waals surface area (Å²) in [5, 5.41) is 29.2. The molecule has 1 aliphatic rings. The fourth-order valence-corrected chi connectivity index (χ4v) is 2.43. The number of nitrogens with two attached hydrogens (primary N) is 1. The molecule has 10 heteroatoms. The van der Waals surface area contributed by atoms with Crippen LogP contribution >= 0.6 is 0 Å². The lowest BCUT2D eigenvalue weighted by Crippen LogP contribution is -2.56. The highest BCUT2D eigenvalue weighted by Crippen LogP contribution is 2.19. The number of carboxylic acids is 2. The fourth-order valence-electron chi connectivity index (χ4n) is 2.43. The molecule has 4 atom stereocenters. The average molecular weight is 331 g/mol. The van der Waals surface area contributed by atoms with E-state index < -0.39 is 54.4 Å². The Morgan fingerprint density at radius 3 is 2.39 bits per heavy atom. The second-order valence-electron chi connectivity index (χ2n) is 5.46. The van der Waals surface area contributed by atoms with Gasteiger partial charge in [-0.05, 0) is 19.8 Å². The van der Waals surface area contributed by atoms with Crippen molar-refractivity contribution in [2.75, 3.05) is 6.54 Å². The Morgan fingerprint density at radius 1 is 1.30 bits per heavy atom. The minimum atomic E-state index is -1.49. The highest BCUT2D eigenvalue weighted by Gasteiger charge is 2.38. The normalized spacial score (nSPS) is 21.3. The highest BCUT2D eigenvalue weighted by atomic mass is 16.4. The van der Waals surface area contributed by atoms with Crippen molar-refractivity contribution in [3.63, 3.8) is 0 Å². The van der Waals surface area contributed by atoms with E-state index in [2.05, 4.69) is 5.32 Å². The van der Waals surface area contributed by atoms with Crippen molar-refractivity contribution >= 4 is 23.8 Å². The van der Waals surface area contributed by atoms with E-state index in [4.69, 9.17) is 15.9 Å². The van der Waals surface area contributed by atoms with Crippen LogP contribution in [0.1, 0.15) is 26.2 Å². The molecular weight excluding hydrogens is 310 g/mol. The molecule has 1 saturated heterocycles. The maximum Gasteiger partial charge on any atom is 0.328 e. The molecule has 0 aliphatic carbocycles. The van der Waals surface area contributed by atoms with Crippen LogP contribution in [0.4, 0.5) is 0 Å². The molecule has 130 valence electrons. The topological polar surface area (TPSA) is 170 Å². The number of nitrogens with zero attached hydrogens (tertiary/aromatic N) is 1. The summed E-state index contributed by atoms with van der Waals surface area (Å²) in [5.41, 5.74) is 5.52. The van der Waals surface area contributed by atoms with Gasteiger partial charge in [0, 0.05) is 6.54 Å². The van der Waals surface area contributed by atoms with E-state index in [-0.39, 0.29) is 6.54 Å². The maximum absolute atomic E-state index is 12.2. The number of rotatable bonds is 7. The van der Waals surface area contributed by atoms with Crippen LogP contribution in [0.5, 0.6) is 0 Å². The minimum Gasteiger partial charge on any atom is -0.481 e. The van der Waals surface area contributed by atoms with E-state index in [1.54, 1.807) is 0 Å². The van der Waals surface area contributed by atoms with E-state index in [0.29, 0.717) is 12.8 Å². The van der Waals surface area contributed by atoms with Crippen molar-refractivity contribution < 1.29 is 34.5 Å². The Hall–Kier alpha value is -2.20. The van der Waals surface area contributed by atoms with Crippen LogP contribution in [-0.4, -0.2) is 74.7 Å². The molecule has 1 fully saturated rings. The fraction of sp³-hybridized carbons (Fsp3) is 0.692. The molecule has 1 heterocycles. The van der Waals surface area contributed by atoms with E-state index in [0.717, 1.165) is 4.90 Å². The number of nitrogens with one attached hydrogen (secondary N) is 1. The van der Waals surface area contributed by atoms with Crippen molar-refractivity contribution in [2.45, 2.75) is 50.4 Å². The number of likely N-dealkylation sites (tertiary alicyclic amines) is 1. The largest absolute Gasteiger partial charge is 0.481 e. The van der Waals surface area contributed by atoms with E-state index >= 15 is 0 Å². The summed E-state index contributed by atoms with van der Waals surface area (Å²) in [6.45, 7) is 1.45. The van der Waals surface area contributed by atoms with Crippen LogP contribution in [-0.2, 0) is 19.2 Å². The van der Waals surface area contributed by atoms with Gasteiger partial charge < -0.3 is 31.3 Å². The number of aliphatic carboxylic acids is 2. The molecular formula is C13H21N3O7. The van der Waals surface area contributed by atoms with Crippen LogP contribution < -0.4 is 11.1 Å². The monoisotopic (exact) mass is 331 g/mol. The molecule has 6 N–H and O–H groups in total.